The highest BCUT2D eigenvalue weighted by Gasteiger charge is 2.19. The Balaban J connectivity index is 2.45. The predicted octanol–water partition coefficient (Wildman–Crippen LogP) is 3.31. The first-order valence-electron chi connectivity index (χ1n) is 8.24. The lowest BCUT2D eigenvalue weighted by atomic mass is 10.2. The van der Waals surface area contributed by atoms with Crippen LogP contribution in [0, 0.1) is 6.92 Å². The van der Waals surface area contributed by atoms with Gasteiger partial charge in [0.2, 0.25) is 10.0 Å². The van der Waals surface area contributed by atoms with Gasteiger partial charge in [-0.05, 0) is 49.2 Å². The molecule has 0 aliphatic heterocycles. The third-order valence-electron chi connectivity index (χ3n) is 3.86. The third kappa shape index (κ3) is 5.58. The molecule has 0 aromatic heterocycles. The Morgan fingerprint density at radius 2 is 1.67 bits per heavy atom. The summed E-state index contributed by atoms with van der Waals surface area (Å²) in [5, 5.41) is 8.58. The molecule has 0 heterocycles. The highest BCUT2D eigenvalue weighted by Crippen LogP contribution is 2.29. The van der Waals surface area contributed by atoms with Crippen LogP contribution in [0.25, 0.3) is 0 Å². The Hall–Kier alpha value is -1.81. The second-order valence-corrected chi connectivity index (χ2v) is 9.70. The van der Waals surface area contributed by atoms with Gasteiger partial charge in [0.25, 0.3) is 10.0 Å². The van der Waals surface area contributed by atoms with E-state index in [2.05, 4.69) is 10.0 Å². The molecule has 27 heavy (non-hydrogen) atoms. The van der Waals surface area contributed by atoms with E-state index < -0.39 is 20.0 Å². The van der Waals surface area contributed by atoms with Crippen LogP contribution in [-0.4, -0.2) is 23.4 Å². The second kappa shape index (κ2) is 8.47. The van der Waals surface area contributed by atoms with Crippen molar-refractivity contribution < 1.29 is 16.8 Å². The van der Waals surface area contributed by atoms with E-state index in [0.717, 1.165) is 18.4 Å². The van der Waals surface area contributed by atoms with Gasteiger partial charge in [0.1, 0.15) is 0 Å². The minimum absolute atomic E-state index is 0.0291. The zero-order chi connectivity index (χ0) is 20.2. The van der Waals surface area contributed by atoms with Gasteiger partial charge in [-0.2, -0.15) is 0 Å². The molecule has 2 rings (SSSR count). The Kier molecular flexibility index (Phi) is 6.74. The zero-order valence-electron chi connectivity index (χ0n) is 15.0. The van der Waals surface area contributed by atoms with E-state index in [1.54, 1.807) is 13.0 Å². The lowest BCUT2D eigenvalue weighted by Gasteiger charge is -2.15. The van der Waals surface area contributed by atoms with Crippen LogP contribution in [0.1, 0.15) is 25.3 Å². The molecule has 0 saturated carbocycles. The molecular formula is C17H22ClN3O4S2. The van der Waals surface area contributed by atoms with E-state index >= 15 is 0 Å². The van der Waals surface area contributed by atoms with Crippen LogP contribution in [0.4, 0.5) is 11.4 Å². The molecule has 10 heteroatoms. The fourth-order valence-corrected chi connectivity index (χ4v) is 4.16. The minimum Gasteiger partial charge on any atom is -0.383 e. The number of benzene rings is 2. The second-order valence-electron chi connectivity index (χ2n) is 6.05. The molecule has 0 fully saturated rings. The molecule has 148 valence electrons. The van der Waals surface area contributed by atoms with Gasteiger partial charge < -0.3 is 5.32 Å². The maximum absolute atomic E-state index is 12.7. The molecule has 2 aromatic carbocycles. The van der Waals surface area contributed by atoms with Crippen molar-refractivity contribution in [3.05, 3.63) is 47.0 Å². The summed E-state index contributed by atoms with van der Waals surface area (Å²) < 4.78 is 51.2. The number of nitrogens with one attached hydrogen (secondary N) is 2. The maximum atomic E-state index is 12.7. The molecule has 0 atom stereocenters. The van der Waals surface area contributed by atoms with Crippen LogP contribution >= 0.6 is 11.6 Å². The van der Waals surface area contributed by atoms with E-state index in [4.69, 9.17) is 16.7 Å². The molecule has 0 bridgehead atoms. The Bertz CT molecular complexity index is 1040. The highest BCUT2D eigenvalue weighted by molar-refractivity contribution is 7.92. The summed E-state index contributed by atoms with van der Waals surface area (Å²) >= 11 is 6.02. The quantitative estimate of drug-likeness (QED) is 0.554. The van der Waals surface area contributed by atoms with Crippen molar-refractivity contribution >= 4 is 43.0 Å². The number of anilines is 2. The standard InChI is InChI=1S/C17H22ClN3O4S2/c1-3-4-9-20-16-8-7-13(26(19,22)23)11-17(16)21-27(24,25)14-6-5-12(2)15(18)10-14/h5-8,10-11,20-21H,3-4,9H2,1-2H3,(H2,19,22,23). The highest BCUT2D eigenvalue weighted by atomic mass is 35.5. The van der Waals surface area contributed by atoms with Gasteiger partial charge >= 0.3 is 0 Å². The molecule has 4 N–H and O–H groups in total. The van der Waals surface area contributed by atoms with Gasteiger partial charge in [-0.3, -0.25) is 4.72 Å². The first-order valence-corrected chi connectivity index (χ1v) is 11.6. The van der Waals surface area contributed by atoms with Crippen molar-refractivity contribution in [1.29, 1.82) is 0 Å². The largest absolute Gasteiger partial charge is 0.383 e. The number of primary sulfonamides is 1. The number of rotatable bonds is 8. The first kappa shape index (κ1) is 21.5. The number of sulfonamides is 2. The van der Waals surface area contributed by atoms with Crippen LogP contribution in [0.2, 0.25) is 5.02 Å². The van der Waals surface area contributed by atoms with Crippen LogP contribution in [0.15, 0.2) is 46.2 Å². The number of hydrogen-bond acceptors (Lipinski definition) is 5. The first-order chi connectivity index (χ1) is 12.5. The molecule has 0 aliphatic carbocycles. The van der Waals surface area contributed by atoms with E-state index in [-0.39, 0.29) is 15.5 Å². The summed E-state index contributed by atoms with van der Waals surface area (Å²) in [7, 11) is -7.96. The van der Waals surface area contributed by atoms with E-state index in [0.29, 0.717) is 17.3 Å². The van der Waals surface area contributed by atoms with Gasteiger partial charge in [-0.15, -0.1) is 0 Å². The number of nitrogens with two attached hydrogens (primary N) is 1. The van der Waals surface area contributed by atoms with Crippen LogP contribution in [-0.2, 0) is 20.0 Å². The van der Waals surface area contributed by atoms with Crippen molar-refractivity contribution in [3.8, 4) is 0 Å². The third-order valence-corrected chi connectivity index (χ3v) is 6.54. The molecule has 0 spiro atoms. The number of unbranched alkanes of at least 4 members (excludes halogenated alkanes) is 1. The number of hydrogen-bond donors (Lipinski definition) is 3. The van der Waals surface area contributed by atoms with Gasteiger partial charge in [0, 0.05) is 11.6 Å². The van der Waals surface area contributed by atoms with Gasteiger partial charge in [-0.1, -0.05) is 31.0 Å². The van der Waals surface area contributed by atoms with Gasteiger partial charge in [0.15, 0.2) is 0 Å². The molecule has 2 aromatic rings. The summed E-state index contributed by atoms with van der Waals surface area (Å²) in [6.07, 6.45) is 1.82. The topological polar surface area (TPSA) is 118 Å². The van der Waals surface area contributed by atoms with Crippen LogP contribution < -0.4 is 15.2 Å². The Labute approximate surface area is 165 Å². The zero-order valence-corrected chi connectivity index (χ0v) is 17.4. The monoisotopic (exact) mass is 431 g/mol. The molecule has 7 nitrogen and oxygen atoms in total. The fourth-order valence-electron chi connectivity index (χ4n) is 2.28. The van der Waals surface area contributed by atoms with Crippen molar-refractivity contribution in [2.45, 2.75) is 36.5 Å². The van der Waals surface area contributed by atoms with E-state index in [1.165, 1.54) is 30.3 Å². The Morgan fingerprint density at radius 1 is 1.00 bits per heavy atom. The van der Waals surface area contributed by atoms with E-state index in [9.17, 15) is 16.8 Å². The lowest BCUT2D eigenvalue weighted by molar-refractivity contribution is 0.596. The molecule has 0 saturated heterocycles. The smallest absolute Gasteiger partial charge is 0.262 e. The lowest BCUT2D eigenvalue weighted by Crippen LogP contribution is -2.17. The van der Waals surface area contributed by atoms with Crippen molar-refractivity contribution in [1.82, 2.24) is 0 Å². The molecule has 0 aliphatic rings. The van der Waals surface area contributed by atoms with E-state index in [1.807, 2.05) is 6.92 Å². The van der Waals surface area contributed by atoms with Crippen molar-refractivity contribution in [3.63, 3.8) is 0 Å². The number of aryl methyl sites for hydroxylation is 1. The van der Waals surface area contributed by atoms with Gasteiger partial charge in [0.05, 0.1) is 21.2 Å². The number of halogens is 1. The predicted molar refractivity (Wildman–Crippen MR) is 108 cm³/mol. The summed E-state index contributed by atoms with van der Waals surface area (Å²) in [5.41, 5.74) is 1.29. The van der Waals surface area contributed by atoms with Crippen molar-refractivity contribution in [2.75, 3.05) is 16.6 Å². The Morgan fingerprint density at radius 3 is 2.26 bits per heavy atom. The van der Waals surface area contributed by atoms with Gasteiger partial charge in [-0.25, -0.2) is 22.0 Å². The summed E-state index contributed by atoms with van der Waals surface area (Å²) in [6, 6.07) is 8.36. The average Bonchev–Trinajstić information content (AvgIpc) is 2.57. The van der Waals surface area contributed by atoms with Crippen LogP contribution in [0.3, 0.4) is 0 Å². The molecule has 0 radical (unpaired) electrons. The average molecular weight is 432 g/mol. The van der Waals surface area contributed by atoms with Crippen LogP contribution in [0.5, 0.6) is 0 Å². The fraction of sp³-hybridized carbons (Fsp3) is 0.294. The summed E-state index contributed by atoms with van der Waals surface area (Å²) in [5.74, 6) is 0. The summed E-state index contributed by atoms with van der Waals surface area (Å²) in [4.78, 5) is -0.221. The molecule has 0 unspecified atom stereocenters. The maximum Gasteiger partial charge on any atom is 0.262 e. The molecular weight excluding hydrogens is 410 g/mol. The minimum atomic E-state index is -3.98. The SMILES string of the molecule is CCCCNc1ccc(S(N)(=O)=O)cc1NS(=O)(=O)c1ccc(C)c(Cl)c1. The van der Waals surface area contributed by atoms with Crippen molar-refractivity contribution in [2.24, 2.45) is 5.14 Å². The summed E-state index contributed by atoms with van der Waals surface area (Å²) in [6.45, 7) is 4.39. The normalized spacial score (nSPS) is 12.0. The molecule has 0 amide bonds.